The largest absolute Gasteiger partial charge is 0.469 e. The molecule has 0 aromatic carbocycles. The molecule has 1 unspecified atom stereocenters. The summed E-state index contributed by atoms with van der Waals surface area (Å²) in [6.07, 6.45) is 5.24. The van der Waals surface area contributed by atoms with Crippen LogP contribution in [0.5, 0.6) is 0 Å². The first kappa shape index (κ1) is 15.5. The van der Waals surface area contributed by atoms with Crippen molar-refractivity contribution in [1.82, 2.24) is 4.57 Å². The molecule has 110 valence electrons. The van der Waals surface area contributed by atoms with E-state index in [0.717, 1.165) is 47.8 Å². The van der Waals surface area contributed by atoms with Gasteiger partial charge in [-0.1, -0.05) is 6.92 Å². The van der Waals surface area contributed by atoms with E-state index in [1.165, 1.54) is 12.8 Å². The second-order valence-corrected chi connectivity index (χ2v) is 6.51. The van der Waals surface area contributed by atoms with E-state index < -0.39 is 0 Å². The minimum Gasteiger partial charge on any atom is -0.469 e. The van der Waals surface area contributed by atoms with Crippen molar-refractivity contribution in [3.63, 3.8) is 0 Å². The summed E-state index contributed by atoms with van der Waals surface area (Å²) in [6.45, 7) is 3.06. The Bertz CT molecular complexity index is 523. The van der Waals surface area contributed by atoms with Gasteiger partial charge < -0.3 is 9.30 Å². The molecule has 0 saturated heterocycles. The van der Waals surface area contributed by atoms with Crippen LogP contribution in [0, 0.1) is 3.57 Å². The lowest BCUT2D eigenvalue weighted by molar-refractivity contribution is -0.141. The predicted molar refractivity (Wildman–Crippen MR) is 85.0 cm³/mol. The maximum Gasteiger partial charge on any atom is 0.305 e. The van der Waals surface area contributed by atoms with E-state index in [4.69, 9.17) is 4.74 Å². The van der Waals surface area contributed by atoms with E-state index in [2.05, 4.69) is 34.1 Å². The number of methoxy groups -OCH3 is 1. The van der Waals surface area contributed by atoms with Crippen molar-refractivity contribution < 1.29 is 14.3 Å². The molecule has 0 N–H and O–H groups in total. The molecule has 5 heteroatoms. The molecule has 20 heavy (non-hydrogen) atoms. The zero-order valence-corrected chi connectivity index (χ0v) is 14.1. The van der Waals surface area contributed by atoms with E-state index in [1.54, 1.807) is 0 Å². The Hall–Kier alpha value is -0.850. The molecule has 0 bridgehead atoms. The normalized spacial score (nSPS) is 21.4. The molecule has 1 aliphatic rings. The number of halogens is 1. The predicted octanol–water partition coefficient (Wildman–Crippen LogP) is 3.30. The zero-order chi connectivity index (χ0) is 14.8. The Balaban J connectivity index is 2.39. The zero-order valence-electron chi connectivity index (χ0n) is 11.9. The summed E-state index contributed by atoms with van der Waals surface area (Å²) in [5.74, 6) is -0.160. The van der Waals surface area contributed by atoms with Crippen molar-refractivity contribution in [3.05, 3.63) is 21.0 Å². The van der Waals surface area contributed by atoms with Crippen LogP contribution in [-0.2, 0) is 21.5 Å². The van der Waals surface area contributed by atoms with Gasteiger partial charge in [0.25, 0.3) is 0 Å². The molecule has 0 saturated carbocycles. The number of rotatable bonds is 5. The van der Waals surface area contributed by atoms with Crippen molar-refractivity contribution in [3.8, 4) is 0 Å². The van der Waals surface area contributed by atoms with Crippen LogP contribution in [0.1, 0.15) is 55.2 Å². The Morgan fingerprint density at radius 2 is 2.35 bits per heavy atom. The number of fused-ring (bicyclic) bond motifs is 1. The molecular weight excluding hydrogens is 369 g/mol. The highest BCUT2D eigenvalue weighted by Crippen LogP contribution is 2.44. The van der Waals surface area contributed by atoms with Gasteiger partial charge >= 0.3 is 5.97 Å². The maximum absolute atomic E-state index is 11.5. The summed E-state index contributed by atoms with van der Waals surface area (Å²) in [4.78, 5) is 22.7. The highest BCUT2D eigenvalue weighted by molar-refractivity contribution is 14.1. The fraction of sp³-hybridized carbons (Fsp3) is 0.600. The van der Waals surface area contributed by atoms with Gasteiger partial charge in [0.05, 0.1) is 12.8 Å². The topological polar surface area (TPSA) is 48.3 Å². The monoisotopic (exact) mass is 389 g/mol. The van der Waals surface area contributed by atoms with Crippen molar-refractivity contribution in [2.45, 2.75) is 51.0 Å². The van der Waals surface area contributed by atoms with Gasteiger partial charge in [-0.15, -0.1) is 0 Å². The molecule has 2 heterocycles. The number of nitrogens with zero attached hydrogens (tertiary/aromatic N) is 1. The van der Waals surface area contributed by atoms with E-state index in [1.807, 2.05) is 6.07 Å². The van der Waals surface area contributed by atoms with Gasteiger partial charge in [0.2, 0.25) is 0 Å². The quantitative estimate of drug-likeness (QED) is 0.441. The summed E-state index contributed by atoms with van der Waals surface area (Å²) in [7, 11) is 1.43. The molecule has 1 atom stereocenters. The van der Waals surface area contributed by atoms with Gasteiger partial charge in [0, 0.05) is 27.6 Å². The van der Waals surface area contributed by atoms with Crippen LogP contribution < -0.4 is 0 Å². The summed E-state index contributed by atoms with van der Waals surface area (Å²) in [6, 6.07) is 1.96. The number of aromatic nitrogens is 1. The van der Waals surface area contributed by atoms with Crippen LogP contribution in [0.2, 0.25) is 0 Å². The van der Waals surface area contributed by atoms with Crippen LogP contribution in [-0.4, -0.2) is 23.9 Å². The lowest BCUT2D eigenvalue weighted by Gasteiger charge is -2.38. The van der Waals surface area contributed by atoms with Crippen LogP contribution in [0.25, 0.3) is 0 Å². The summed E-state index contributed by atoms with van der Waals surface area (Å²) in [5.41, 5.74) is 1.97. The Labute approximate surface area is 133 Å². The van der Waals surface area contributed by atoms with E-state index in [-0.39, 0.29) is 11.4 Å². The molecule has 0 fully saturated rings. The van der Waals surface area contributed by atoms with Crippen molar-refractivity contribution in [2.24, 2.45) is 0 Å². The first-order chi connectivity index (χ1) is 9.57. The summed E-state index contributed by atoms with van der Waals surface area (Å²) in [5, 5.41) is 0. The third-order valence-electron chi connectivity index (χ3n) is 4.45. The standard InChI is InChI=1S/C15H20INO3/c1-3-15(7-5-13(19)20-2)6-4-8-17-11(10-18)9-12(16)14(15)17/h9-10H,3-8H2,1-2H3. The third-order valence-corrected chi connectivity index (χ3v) is 5.28. The Kier molecular flexibility index (Phi) is 4.88. The maximum atomic E-state index is 11.5. The highest BCUT2D eigenvalue weighted by Gasteiger charge is 2.38. The van der Waals surface area contributed by atoms with Crippen molar-refractivity contribution in [1.29, 1.82) is 0 Å². The third kappa shape index (κ3) is 2.64. The molecule has 1 aliphatic heterocycles. The lowest BCUT2D eigenvalue weighted by Crippen LogP contribution is -2.35. The molecular formula is C15H20INO3. The molecule has 1 aromatic heterocycles. The number of carbonyl (C=O) groups is 2. The molecule has 0 spiro atoms. The number of esters is 1. The van der Waals surface area contributed by atoms with Gasteiger partial charge in [0.1, 0.15) is 0 Å². The summed E-state index contributed by atoms with van der Waals surface area (Å²) < 4.78 is 8.04. The van der Waals surface area contributed by atoms with Crippen LogP contribution in [0.15, 0.2) is 6.07 Å². The van der Waals surface area contributed by atoms with Gasteiger partial charge in [-0.3, -0.25) is 9.59 Å². The number of hydrogen-bond acceptors (Lipinski definition) is 3. The number of ether oxygens (including phenoxy) is 1. The lowest BCUT2D eigenvalue weighted by atomic mass is 9.72. The molecule has 2 rings (SSSR count). The average Bonchev–Trinajstić information content (AvgIpc) is 2.82. The summed E-state index contributed by atoms with van der Waals surface area (Å²) >= 11 is 2.31. The molecule has 1 aromatic rings. The first-order valence-corrected chi connectivity index (χ1v) is 8.07. The van der Waals surface area contributed by atoms with Crippen molar-refractivity contribution >= 4 is 34.8 Å². The fourth-order valence-electron chi connectivity index (χ4n) is 3.31. The van der Waals surface area contributed by atoms with E-state index in [0.29, 0.717) is 6.42 Å². The Morgan fingerprint density at radius 1 is 1.60 bits per heavy atom. The fourth-order valence-corrected chi connectivity index (χ4v) is 4.50. The molecule has 0 amide bonds. The minimum atomic E-state index is -0.160. The van der Waals surface area contributed by atoms with Crippen molar-refractivity contribution in [2.75, 3.05) is 7.11 Å². The van der Waals surface area contributed by atoms with Crippen LogP contribution in [0.3, 0.4) is 0 Å². The second kappa shape index (κ2) is 6.28. The number of hydrogen-bond donors (Lipinski definition) is 0. The van der Waals surface area contributed by atoms with Gasteiger partial charge in [-0.2, -0.15) is 0 Å². The highest BCUT2D eigenvalue weighted by atomic mass is 127. The minimum absolute atomic E-state index is 0.00970. The molecule has 0 radical (unpaired) electrons. The van der Waals surface area contributed by atoms with Crippen LogP contribution in [0.4, 0.5) is 0 Å². The Morgan fingerprint density at radius 3 is 2.95 bits per heavy atom. The molecule has 4 nitrogen and oxygen atoms in total. The van der Waals surface area contributed by atoms with Gasteiger partial charge in [0.15, 0.2) is 6.29 Å². The number of carbonyl (C=O) groups excluding carboxylic acids is 2. The van der Waals surface area contributed by atoms with E-state index in [9.17, 15) is 9.59 Å². The van der Waals surface area contributed by atoms with Gasteiger partial charge in [-0.05, 0) is 54.3 Å². The average molecular weight is 389 g/mol. The second-order valence-electron chi connectivity index (χ2n) is 5.35. The van der Waals surface area contributed by atoms with Crippen LogP contribution >= 0.6 is 22.6 Å². The number of aldehydes is 1. The smallest absolute Gasteiger partial charge is 0.305 e. The molecule has 0 aliphatic carbocycles. The van der Waals surface area contributed by atoms with Gasteiger partial charge in [-0.25, -0.2) is 0 Å². The first-order valence-electron chi connectivity index (χ1n) is 6.99. The van der Waals surface area contributed by atoms with E-state index >= 15 is 0 Å². The SMILES string of the molecule is CCC1(CCC(=O)OC)CCCn2c(C=O)cc(I)c21.